The van der Waals surface area contributed by atoms with Crippen LogP contribution in [0.25, 0.3) is 0 Å². The van der Waals surface area contributed by atoms with Gasteiger partial charge in [-0.15, -0.1) is 0 Å². The molecule has 11 heteroatoms. The monoisotopic (exact) mass is 707 g/mol. The van der Waals surface area contributed by atoms with Crippen molar-refractivity contribution in [3.05, 3.63) is 89.5 Å². The number of ether oxygens (including phenoxy) is 1. The van der Waals surface area contributed by atoms with E-state index in [-0.39, 0.29) is 25.2 Å². The van der Waals surface area contributed by atoms with Gasteiger partial charge in [0.2, 0.25) is 0 Å². The summed E-state index contributed by atoms with van der Waals surface area (Å²) in [6.07, 6.45) is 8.17. The van der Waals surface area contributed by atoms with Crippen LogP contribution in [-0.2, 0) is 43.2 Å². The molecule has 0 fully saturated rings. The first-order valence-electron chi connectivity index (χ1n) is 17.8. The third-order valence-corrected chi connectivity index (χ3v) is 7.56. The third kappa shape index (κ3) is 22.3. The van der Waals surface area contributed by atoms with Gasteiger partial charge in [0.15, 0.2) is 0 Å². The van der Waals surface area contributed by atoms with Crippen LogP contribution in [0.4, 0.5) is 17.1 Å². The lowest BCUT2D eigenvalue weighted by Gasteiger charge is -2.25. The van der Waals surface area contributed by atoms with Gasteiger partial charge >= 0.3 is 23.9 Å². The van der Waals surface area contributed by atoms with E-state index in [1.54, 1.807) is 24.3 Å². The highest BCUT2D eigenvalue weighted by Gasteiger charge is 2.08. The molecule has 0 amide bonds. The van der Waals surface area contributed by atoms with Gasteiger partial charge in [-0.1, -0.05) is 69.5 Å². The molecule has 11 nitrogen and oxygen atoms in total. The second-order valence-corrected chi connectivity index (χ2v) is 12.1. The predicted molar refractivity (Wildman–Crippen MR) is 203 cm³/mol. The number of hydrogen-bond acceptors (Lipinski definition) is 8. The number of nitrogens with zero attached hydrogens (tertiary/aromatic N) is 1. The minimum Gasteiger partial charge on any atom is -0.481 e. The van der Waals surface area contributed by atoms with Crippen molar-refractivity contribution in [2.75, 3.05) is 42.2 Å². The van der Waals surface area contributed by atoms with Crippen LogP contribution < -0.4 is 16.0 Å². The van der Waals surface area contributed by atoms with E-state index in [0.717, 1.165) is 86.2 Å². The van der Waals surface area contributed by atoms with Crippen LogP contribution in [0.3, 0.4) is 0 Å². The molecule has 280 valence electrons. The van der Waals surface area contributed by atoms with Crippen LogP contribution >= 0.6 is 0 Å². The molecule has 0 aliphatic rings. The number of aliphatic carboxylic acids is 3. The minimum atomic E-state index is -0.824. The molecule has 3 rings (SSSR count). The molecule has 3 aromatic rings. The number of nitrogen functional groups attached to an aromatic ring is 1. The Kier molecular flexibility index (Phi) is 23.1. The van der Waals surface area contributed by atoms with E-state index in [9.17, 15) is 19.2 Å². The first kappa shape index (κ1) is 44.0. The summed E-state index contributed by atoms with van der Waals surface area (Å²) in [4.78, 5) is 45.1. The van der Waals surface area contributed by atoms with Gasteiger partial charge in [-0.25, -0.2) is 0 Å². The molecule has 0 radical (unpaired) electrons. The molecule has 0 aliphatic carbocycles. The van der Waals surface area contributed by atoms with Crippen molar-refractivity contribution in [2.45, 2.75) is 91.4 Å². The van der Waals surface area contributed by atoms with Gasteiger partial charge in [0.1, 0.15) is 0 Å². The van der Waals surface area contributed by atoms with E-state index in [1.807, 2.05) is 55.5 Å². The Morgan fingerprint density at radius 3 is 1.57 bits per heavy atom. The Morgan fingerprint density at radius 1 is 0.627 bits per heavy atom. The molecule has 0 spiro atoms. The zero-order valence-corrected chi connectivity index (χ0v) is 30.4. The molecular weight excluding hydrogens is 650 g/mol. The first-order chi connectivity index (χ1) is 24.5. The van der Waals surface area contributed by atoms with Crippen LogP contribution in [-0.4, -0.2) is 65.4 Å². The van der Waals surface area contributed by atoms with Gasteiger partial charge in [-0.2, -0.15) is 0 Å². The summed E-state index contributed by atoms with van der Waals surface area (Å²) < 4.78 is 4.94. The number of nitrogens with two attached hydrogens (primary N) is 1. The summed E-state index contributed by atoms with van der Waals surface area (Å²) in [5.41, 5.74) is 10.7. The number of carbonyl (C=O) groups excluding carboxylic acids is 1. The van der Waals surface area contributed by atoms with Crippen molar-refractivity contribution in [3.63, 3.8) is 0 Å². The number of hydrogen-bond donors (Lipinski definition) is 5. The third-order valence-electron chi connectivity index (χ3n) is 7.56. The van der Waals surface area contributed by atoms with Gasteiger partial charge in [-0.3, -0.25) is 19.2 Å². The van der Waals surface area contributed by atoms with E-state index in [4.69, 9.17) is 25.8 Å². The summed E-state index contributed by atoms with van der Waals surface area (Å²) in [6, 6.07) is 22.2. The zero-order chi connectivity index (χ0) is 37.9. The fourth-order valence-electron chi connectivity index (χ4n) is 4.83. The number of carbonyl (C=O) groups is 4. The molecule has 0 saturated carbocycles. The van der Waals surface area contributed by atoms with Crippen LogP contribution in [0.5, 0.6) is 0 Å². The Bertz CT molecular complexity index is 1410. The van der Waals surface area contributed by atoms with Crippen molar-refractivity contribution < 1.29 is 39.2 Å². The summed E-state index contributed by atoms with van der Waals surface area (Å²) in [5.74, 6) is -2.53. The molecule has 0 aromatic heterocycles. The second kappa shape index (κ2) is 26.8. The topological polar surface area (TPSA) is 179 Å². The highest BCUT2D eigenvalue weighted by molar-refractivity contribution is 5.71. The number of rotatable bonds is 21. The molecule has 0 heterocycles. The maximum Gasteiger partial charge on any atom is 0.307 e. The molecular formula is C40H57N3O8. The maximum absolute atomic E-state index is 11.3. The highest BCUT2D eigenvalue weighted by atomic mass is 16.5. The number of anilines is 3. The van der Waals surface area contributed by atoms with E-state index < -0.39 is 17.9 Å². The van der Waals surface area contributed by atoms with Crippen LogP contribution in [0, 0.1) is 0 Å². The van der Waals surface area contributed by atoms with Gasteiger partial charge in [0.05, 0.1) is 25.9 Å². The Balaban J connectivity index is 0.000000422. The average Bonchev–Trinajstić information content (AvgIpc) is 3.08. The number of nitrogens with one attached hydrogen (secondary N) is 1. The van der Waals surface area contributed by atoms with Crippen molar-refractivity contribution in [1.82, 2.24) is 0 Å². The minimum absolute atomic E-state index is 0.0558. The lowest BCUT2D eigenvalue weighted by Crippen LogP contribution is -2.25. The normalized spacial score (nSPS) is 10.1. The number of unbranched alkanes of at least 4 members (excludes halogenated alkanes) is 4. The van der Waals surface area contributed by atoms with Crippen LogP contribution in [0.2, 0.25) is 0 Å². The number of carboxylic acid groups (broad SMARTS) is 3. The van der Waals surface area contributed by atoms with E-state index in [0.29, 0.717) is 18.7 Å². The van der Waals surface area contributed by atoms with Crippen LogP contribution in [0.1, 0.15) is 88.8 Å². The summed E-state index contributed by atoms with van der Waals surface area (Å²) in [7, 11) is 0. The van der Waals surface area contributed by atoms with Crippen molar-refractivity contribution in [3.8, 4) is 0 Å². The fraction of sp³-hybridized carbons (Fsp3) is 0.450. The lowest BCUT2D eigenvalue weighted by atomic mass is 10.1. The molecule has 0 unspecified atom stereocenters. The number of benzene rings is 3. The highest BCUT2D eigenvalue weighted by Crippen LogP contribution is 2.18. The lowest BCUT2D eigenvalue weighted by molar-refractivity contribution is -0.143. The molecule has 51 heavy (non-hydrogen) atoms. The summed E-state index contributed by atoms with van der Waals surface area (Å²) >= 11 is 0. The molecule has 0 saturated heterocycles. The first-order valence-corrected chi connectivity index (χ1v) is 17.8. The van der Waals surface area contributed by atoms with Gasteiger partial charge in [-0.05, 0) is 85.7 Å². The maximum atomic E-state index is 11.3. The van der Waals surface area contributed by atoms with Crippen LogP contribution in [0.15, 0.2) is 72.8 Å². The average molecular weight is 708 g/mol. The van der Waals surface area contributed by atoms with E-state index in [1.165, 1.54) is 6.42 Å². The Labute approximate surface area is 302 Å². The summed E-state index contributed by atoms with van der Waals surface area (Å²) in [6.45, 7) is 9.50. The quantitative estimate of drug-likeness (QED) is 0.0421. The zero-order valence-electron chi connectivity index (χ0n) is 30.4. The van der Waals surface area contributed by atoms with Gasteiger partial charge in [0.25, 0.3) is 0 Å². The SMILES string of the molecule is CCCCN(CCCCCC(=O)OCC)c1ccc(CC(=O)O)cc1.CCCCNc1ccc(CC(=O)O)cc1.Nc1ccc(CC(=O)O)cc1. The number of carboxylic acids is 3. The molecule has 0 atom stereocenters. The largest absolute Gasteiger partial charge is 0.481 e. The molecule has 6 N–H and O–H groups in total. The fourth-order valence-corrected chi connectivity index (χ4v) is 4.83. The molecule has 0 bridgehead atoms. The molecule has 0 aliphatic heterocycles. The van der Waals surface area contributed by atoms with Gasteiger partial charge < -0.3 is 36.0 Å². The number of esters is 1. The van der Waals surface area contributed by atoms with Crippen molar-refractivity contribution >= 4 is 40.9 Å². The molecule has 3 aromatic carbocycles. The van der Waals surface area contributed by atoms with E-state index in [2.05, 4.69) is 24.1 Å². The standard InChI is InChI=1S/C20H31NO4.C12H17NO2.C8H9NO2/c1-3-5-14-21(15-8-6-7-9-20(24)25-4-2)18-12-10-17(11-13-18)16-19(22)23;1-2-3-8-13-11-6-4-10(5-7-11)9-12(14)15;9-7-3-1-6(2-4-7)5-8(10)11/h10-13H,3-9,14-16H2,1-2H3,(H,22,23);4-7,13H,2-3,8-9H2,1H3,(H,14,15);1-4H,5,9H2,(H,10,11). The van der Waals surface area contributed by atoms with Crippen molar-refractivity contribution in [2.24, 2.45) is 0 Å². The summed E-state index contributed by atoms with van der Waals surface area (Å²) in [5, 5.41) is 29.1. The predicted octanol–water partition coefficient (Wildman–Crippen LogP) is 7.47. The smallest absolute Gasteiger partial charge is 0.307 e. The Hall–Kier alpha value is -5.06. The Morgan fingerprint density at radius 2 is 1.10 bits per heavy atom. The van der Waals surface area contributed by atoms with Gasteiger partial charge in [0, 0.05) is 43.1 Å². The van der Waals surface area contributed by atoms with E-state index >= 15 is 0 Å². The van der Waals surface area contributed by atoms with Crippen molar-refractivity contribution in [1.29, 1.82) is 0 Å². The second-order valence-electron chi connectivity index (χ2n) is 12.1.